The average molecular weight is 305 g/mol. The predicted molar refractivity (Wildman–Crippen MR) is 89.2 cm³/mol. The number of hydrogen-bond acceptors (Lipinski definition) is 4. The minimum atomic E-state index is -1.95. The van der Waals surface area contributed by atoms with E-state index in [4.69, 9.17) is 14.6 Å². The first kappa shape index (κ1) is 20.1. The lowest BCUT2D eigenvalue weighted by atomic mass is 10.2. The van der Waals surface area contributed by atoms with Gasteiger partial charge in [-0.05, 0) is 64.8 Å². The predicted octanol–water partition coefficient (Wildman–Crippen LogP) is 2.88. The molecule has 3 N–H and O–H groups in total. The van der Waals surface area contributed by atoms with E-state index in [1.54, 1.807) is 0 Å². The van der Waals surface area contributed by atoms with Crippen molar-refractivity contribution in [1.82, 2.24) is 5.32 Å². The molecule has 0 aliphatic heterocycles. The first-order chi connectivity index (χ1) is 9.58. The van der Waals surface area contributed by atoms with Crippen LogP contribution in [-0.4, -0.2) is 41.4 Å². The minimum absolute atomic E-state index is 0.605. The van der Waals surface area contributed by atoms with Crippen LogP contribution in [0.25, 0.3) is 0 Å². The summed E-state index contributed by atoms with van der Waals surface area (Å²) in [5, 5.41) is 3.55. The van der Waals surface area contributed by atoms with E-state index in [2.05, 4.69) is 32.6 Å². The Morgan fingerprint density at radius 1 is 1.05 bits per heavy atom. The minimum Gasteiger partial charge on any atom is -0.395 e. The molecule has 0 aliphatic rings. The van der Waals surface area contributed by atoms with E-state index in [9.17, 15) is 0 Å². The lowest BCUT2D eigenvalue weighted by Gasteiger charge is -2.28. The third-order valence-corrected chi connectivity index (χ3v) is 6.66. The van der Waals surface area contributed by atoms with E-state index in [-0.39, 0.29) is 0 Å². The first-order valence-corrected chi connectivity index (χ1v) is 10.8. The van der Waals surface area contributed by atoms with Gasteiger partial charge in [0.05, 0.1) is 0 Å². The molecule has 4 nitrogen and oxygen atoms in total. The third-order valence-electron chi connectivity index (χ3n) is 3.42. The van der Waals surface area contributed by atoms with E-state index in [0.717, 1.165) is 45.3 Å². The van der Waals surface area contributed by atoms with E-state index >= 15 is 0 Å². The van der Waals surface area contributed by atoms with Crippen molar-refractivity contribution >= 4 is 8.56 Å². The Labute approximate surface area is 127 Å². The Bertz CT molecular complexity index is 212. The second kappa shape index (κ2) is 12.8. The number of rotatable bonds is 14. The van der Waals surface area contributed by atoms with Crippen molar-refractivity contribution in [2.24, 2.45) is 11.7 Å². The Balaban J connectivity index is 3.71. The van der Waals surface area contributed by atoms with Crippen LogP contribution in [0.5, 0.6) is 0 Å². The number of nitrogens with one attached hydrogen (secondary N) is 1. The summed E-state index contributed by atoms with van der Waals surface area (Å²) in [6.07, 6.45) is 4.94. The molecule has 0 amide bonds. The molecule has 122 valence electrons. The summed E-state index contributed by atoms with van der Waals surface area (Å²) in [6, 6.07) is 1.06. The van der Waals surface area contributed by atoms with Crippen LogP contribution in [0.3, 0.4) is 0 Å². The fourth-order valence-electron chi connectivity index (χ4n) is 2.57. The van der Waals surface area contributed by atoms with Crippen molar-refractivity contribution in [3.05, 3.63) is 0 Å². The lowest BCUT2D eigenvalue weighted by molar-refractivity contribution is 0.184. The molecule has 0 spiro atoms. The van der Waals surface area contributed by atoms with Crippen LogP contribution in [-0.2, 0) is 8.85 Å². The molecule has 5 heteroatoms. The summed E-state index contributed by atoms with van der Waals surface area (Å²) in [5.74, 6) is 0.605. The molecule has 0 aromatic heterocycles. The van der Waals surface area contributed by atoms with Gasteiger partial charge in [0.15, 0.2) is 0 Å². The van der Waals surface area contributed by atoms with Crippen molar-refractivity contribution in [1.29, 1.82) is 0 Å². The van der Waals surface area contributed by atoms with E-state index < -0.39 is 8.56 Å². The molecule has 0 heterocycles. The van der Waals surface area contributed by atoms with Gasteiger partial charge in [0.1, 0.15) is 0 Å². The van der Waals surface area contributed by atoms with Crippen LogP contribution in [0.1, 0.15) is 46.5 Å². The van der Waals surface area contributed by atoms with Crippen LogP contribution in [0.15, 0.2) is 0 Å². The molecular weight excluding hydrogens is 268 g/mol. The molecule has 0 saturated heterocycles. The van der Waals surface area contributed by atoms with Crippen LogP contribution >= 0.6 is 0 Å². The Morgan fingerprint density at radius 3 is 2.20 bits per heavy atom. The molecule has 20 heavy (non-hydrogen) atoms. The second-order valence-corrected chi connectivity index (χ2v) is 8.97. The normalized spacial score (nSPS) is 13.7. The Morgan fingerprint density at radius 2 is 1.65 bits per heavy atom. The maximum atomic E-state index is 5.89. The van der Waals surface area contributed by atoms with Gasteiger partial charge in [0, 0.05) is 13.2 Å². The van der Waals surface area contributed by atoms with Gasteiger partial charge >= 0.3 is 8.56 Å². The monoisotopic (exact) mass is 304 g/mol. The van der Waals surface area contributed by atoms with Gasteiger partial charge in [-0.3, -0.25) is 0 Å². The van der Waals surface area contributed by atoms with Crippen LogP contribution in [0.4, 0.5) is 0 Å². The zero-order chi connectivity index (χ0) is 15.3. The zero-order valence-electron chi connectivity index (χ0n) is 14.0. The average Bonchev–Trinajstić information content (AvgIpc) is 2.38. The largest absolute Gasteiger partial charge is 0.395 e. The van der Waals surface area contributed by atoms with Gasteiger partial charge in [0.2, 0.25) is 0 Å². The molecule has 1 atom stereocenters. The van der Waals surface area contributed by atoms with E-state index in [0.29, 0.717) is 5.92 Å². The molecule has 1 unspecified atom stereocenters. The first-order valence-electron chi connectivity index (χ1n) is 8.26. The number of hydrogen-bond donors (Lipinski definition) is 2. The molecule has 0 aromatic carbocycles. The zero-order valence-corrected chi connectivity index (χ0v) is 15.0. The highest BCUT2D eigenvalue weighted by Gasteiger charge is 2.32. The van der Waals surface area contributed by atoms with Crippen molar-refractivity contribution in [2.45, 2.75) is 59.0 Å². The van der Waals surface area contributed by atoms with Crippen molar-refractivity contribution in [3.8, 4) is 0 Å². The quantitative estimate of drug-likeness (QED) is 0.383. The summed E-state index contributed by atoms with van der Waals surface area (Å²) in [7, 11) is -1.95. The highest BCUT2D eigenvalue weighted by molar-refractivity contribution is 6.66. The van der Waals surface area contributed by atoms with Crippen LogP contribution in [0, 0.1) is 5.92 Å². The summed E-state index contributed by atoms with van der Waals surface area (Å²) >= 11 is 0. The van der Waals surface area contributed by atoms with Gasteiger partial charge in [-0.1, -0.05) is 19.8 Å². The summed E-state index contributed by atoms with van der Waals surface area (Å²) in [4.78, 5) is 0. The van der Waals surface area contributed by atoms with Crippen LogP contribution < -0.4 is 11.1 Å². The maximum Gasteiger partial charge on any atom is 0.335 e. The third kappa shape index (κ3) is 10.8. The van der Waals surface area contributed by atoms with Gasteiger partial charge < -0.3 is 19.9 Å². The number of nitrogens with two attached hydrogens (primary N) is 1. The van der Waals surface area contributed by atoms with E-state index in [1.165, 1.54) is 19.3 Å². The van der Waals surface area contributed by atoms with Gasteiger partial charge in [-0.15, -0.1) is 0 Å². The smallest absolute Gasteiger partial charge is 0.335 e. The second-order valence-electron chi connectivity index (χ2n) is 5.72. The fourth-order valence-corrected chi connectivity index (χ4v) is 5.52. The molecule has 0 aliphatic carbocycles. The molecule has 0 fully saturated rings. The van der Waals surface area contributed by atoms with Gasteiger partial charge in [0.25, 0.3) is 0 Å². The molecule has 0 rings (SSSR count). The number of unbranched alkanes of at least 4 members (excludes halogenated alkanes) is 3. The molecule has 0 bridgehead atoms. The molecule has 0 aromatic rings. The molecule has 0 radical (unpaired) electrons. The highest BCUT2D eigenvalue weighted by atomic mass is 28.4. The van der Waals surface area contributed by atoms with Gasteiger partial charge in [-0.25, -0.2) is 0 Å². The van der Waals surface area contributed by atoms with Crippen molar-refractivity contribution in [2.75, 3.05) is 32.8 Å². The molecule has 0 saturated carbocycles. The fraction of sp³-hybridized carbons (Fsp3) is 1.00. The Hall–Kier alpha value is 0.0569. The van der Waals surface area contributed by atoms with Crippen LogP contribution in [0.2, 0.25) is 12.6 Å². The summed E-state index contributed by atoms with van der Waals surface area (Å²) < 4.78 is 11.8. The highest BCUT2D eigenvalue weighted by Crippen LogP contribution is 2.19. The van der Waals surface area contributed by atoms with Crippen molar-refractivity contribution in [3.63, 3.8) is 0 Å². The van der Waals surface area contributed by atoms with E-state index in [1.807, 2.05) is 0 Å². The summed E-state index contributed by atoms with van der Waals surface area (Å²) in [5.41, 5.74) is 5.48. The maximum absolute atomic E-state index is 5.89. The standard InChI is InChI=1S/C15H36N2O2Si/c1-5-18-20(4,19-6-2)14-15(3)13-17-12-10-8-7-9-11-16/h15,17H,5-14,16H2,1-4H3. The summed E-state index contributed by atoms with van der Waals surface area (Å²) in [6.45, 7) is 13.1. The SMILES string of the molecule is CCO[Si](C)(CC(C)CNCCCCCCN)OCC. The van der Waals surface area contributed by atoms with Gasteiger partial charge in [-0.2, -0.15) is 0 Å². The lowest BCUT2D eigenvalue weighted by Crippen LogP contribution is -2.41. The topological polar surface area (TPSA) is 56.5 Å². The Kier molecular flexibility index (Phi) is 12.8. The van der Waals surface area contributed by atoms with Crippen molar-refractivity contribution < 1.29 is 8.85 Å². The molecular formula is C15H36N2O2Si.